The minimum Gasteiger partial charge on any atom is -0.310 e. The zero-order chi connectivity index (χ0) is 23.6. The number of hydrogen-bond donors (Lipinski definition) is 1. The number of nitrogens with one attached hydrogen (secondary N) is 1. The van der Waals surface area contributed by atoms with Crippen LogP contribution in [0.15, 0.2) is 30.6 Å². The zero-order valence-corrected chi connectivity index (χ0v) is 18.7. The Balaban J connectivity index is 1.76. The van der Waals surface area contributed by atoms with Crippen molar-refractivity contribution in [2.24, 2.45) is 5.92 Å². The van der Waals surface area contributed by atoms with Crippen LogP contribution in [0, 0.1) is 5.92 Å². The van der Waals surface area contributed by atoms with Gasteiger partial charge in [0, 0.05) is 18.8 Å². The molecular weight excluding hydrogens is 470 g/mol. The van der Waals surface area contributed by atoms with E-state index < -0.39 is 23.8 Å². The number of carbonyl (C=O) groups is 2. The summed E-state index contributed by atoms with van der Waals surface area (Å²) in [6.45, 7) is 3.92. The number of rotatable bonds is 6. The molecule has 3 heterocycles. The van der Waals surface area contributed by atoms with Gasteiger partial charge in [-0.3, -0.25) is 9.69 Å². The maximum atomic E-state index is 13.0. The van der Waals surface area contributed by atoms with Crippen molar-refractivity contribution in [2.45, 2.75) is 32.5 Å². The summed E-state index contributed by atoms with van der Waals surface area (Å²) in [6.07, 6.45) is -1.66. The molecule has 2 aromatic rings. The lowest BCUT2D eigenvalue weighted by Crippen LogP contribution is -2.41. The number of anilines is 2. The Morgan fingerprint density at radius 3 is 2.50 bits per heavy atom. The number of nitrogens with zero attached hydrogens (tertiary/aromatic N) is 4. The minimum atomic E-state index is -4.57. The molecule has 0 aromatic carbocycles. The number of hydrogen-bond acceptors (Lipinski definition) is 4. The molecule has 12 heteroatoms. The third-order valence-electron chi connectivity index (χ3n) is 4.79. The molecule has 1 aliphatic heterocycles. The van der Waals surface area contributed by atoms with Crippen molar-refractivity contribution in [2.75, 3.05) is 23.3 Å². The Kier molecular flexibility index (Phi) is 7.14. The molecule has 0 bridgehead atoms. The molecule has 1 fully saturated rings. The Morgan fingerprint density at radius 1 is 1.22 bits per heavy atom. The lowest BCUT2D eigenvalue weighted by Gasteiger charge is -2.23. The normalized spacial score (nSPS) is 16.8. The van der Waals surface area contributed by atoms with Gasteiger partial charge in [0.1, 0.15) is 18.1 Å². The van der Waals surface area contributed by atoms with Gasteiger partial charge in [0.2, 0.25) is 5.91 Å². The quantitative estimate of drug-likeness (QED) is 0.612. The summed E-state index contributed by atoms with van der Waals surface area (Å²) in [7, 11) is 0. The van der Waals surface area contributed by atoms with E-state index in [2.05, 4.69) is 15.3 Å². The van der Waals surface area contributed by atoms with Gasteiger partial charge in [-0.25, -0.2) is 14.8 Å². The van der Waals surface area contributed by atoms with E-state index in [4.69, 9.17) is 23.2 Å². The average Bonchev–Trinajstić information content (AvgIpc) is 2.99. The Bertz CT molecular complexity index is 1000. The summed E-state index contributed by atoms with van der Waals surface area (Å²) < 4.78 is 38.4. The van der Waals surface area contributed by atoms with E-state index in [9.17, 15) is 22.8 Å². The molecule has 1 atom stereocenters. The fraction of sp³-hybridized carbons (Fsp3) is 0.400. The molecule has 3 amide bonds. The van der Waals surface area contributed by atoms with Gasteiger partial charge in [0.05, 0.1) is 28.0 Å². The molecule has 32 heavy (non-hydrogen) atoms. The lowest BCUT2D eigenvalue weighted by molar-refractivity contribution is -0.141. The fourth-order valence-corrected chi connectivity index (χ4v) is 3.65. The van der Waals surface area contributed by atoms with Crippen molar-refractivity contribution in [3.05, 3.63) is 46.3 Å². The molecule has 0 saturated carbocycles. The van der Waals surface area contributed by atoms with Gasteiger partial charge in [-0.15, -0.1) is 0 Å². The highest BCUT2D eigenvalue weighted by atomic mass is 35.5. The van der Waals surface area contributed by atoms with Gasteiger partial charge in [-0.2, -0.15) is 13.2 Å². The second-order valence-corrected chi connectivity index (χ2v) is 8.55. The van der Waals surface area contributed by atoms with Gasteiger partial charge in [0.25, 0.3) is 0 Å². The first-order chi connectivity index (χ1) is 15.0. The predicted octanol–water partition coefficient (Wildman–Crippen LogP) is 5.10. The Morgan fingerprint density at radius 2 is 1.94 bits per heavy atom. The molecule has 0 spiro atoms. The summed E-state index contributed by atoms with van der Waals surface area (Å²) in [6, 6.07) is 2.61. The number of pyridine rings is 2. The molecule has 0 unspecified atom stereocenters. The Labute approximate surface area is 192 Å². The maximum Gasteiger partial charge on any atom is 0.433 e. The predicted molar refractivity (Wildman–Crippen MR) is 115 cm³/mol. The van der Waals surface area contributed by atoms with Crippen molar-refractivity contribution in [3.63, 3.8) is 0 Å². The van der Waals surface area contributed by atoms with Crippen LogP contribution in [0.2, 0.25) is 10.0 Å². The van der Waals surface area contributed by atoms with Gasteiger partial charge in [-0.05, 0) is 24.5 Å². The van der Waals surface area contributed by atoms with Crippen molar-refractivity contribution >= 4 is 46.6 Å². The molecule has 1 saturated heterocycles. The highest BCUT2D eigenvalue weighted by molar-refractivity contribution is 6.42. The second-order valence-electron chi connectivity index (χ2n) is 7.74. The van der Waals surface area contributed by atoms with Crippen LogP contribution in [0.25, 0.3) is 0 Å². The monoisotopic (exact) mass is 489 g/mol. The van der Waals surface area contributed by atoms with E-state index in [0.29, 0.717) is 6.42 Å². The van der Waals surface area contributed by atoms with Crippen LogP contribution in [0.4, 0.5) is 29.5 Å². The van der Waals surface area contributed by atoms with E-state index in [1.54, 1.807) is 0 Å². The van der Waals surface area contributed by atoms with Crippen LogP contribution in [0.3, 0.4) is 0 Å². The summed E-state index contributed by atoms with van der Waals surface area (Å²) in [4.78, 5) is 35.7. The van der Waals surface area contributed by atoms with E-state index >= 15 is 0 Å². The standard InChI is InChI=1S/C20H20Cl2F3N5O2/c1-11(2)5-13-9-29(12-3-4-16(26-7-12)20(23,24)25)19(32)30(13)10-18(31)28-17-6-14(21)15(22)8-27-17/h3-4,6-8,11,13H,5,9-10H2,1-2H3,(H,27,28,31)/t13-/m0/s1. The average molecular weight is 490 g/mol. The smallest absolute Gasteiger partial charge is 0.310 e. The highest BCUT2D eigenvalue weighted by Gasteiger charge is 2.40. The molecule has 2 aromatic heterocycles. The number of amides is 3. The van der Waals surface area contributed by atoms with Gasteiger partial charge in [-0.1, -0.05) is 37.0 Å². The summed E-state index contributed by atoms with van der Waals surface area (Å²) in [5, 5.41) is 3.02. The van der Waals surface area contributed by atoms with Gasteiger partial charge >= 0.3 is 12.2 Å². The maximum absolute atomic E-state index is 13.0. The van der Waals surface area contributed by atoms with Crippen molar-refractivity contribution in [1.29, 1.82) is 0 Å². The minimum absolute atomic E-state index is 0.181. The first-order valence-corrected chi connectivity index (χ1v) is 10.4. The van der Waals surface area contributed by atoms with Crippen molar-refractivity contribution in [1.82, 2.24) is 14.9 Å². The SMILES string of the molecule is CC(C)C[C@H]1CN(c2ccc(C(F)(F)F)nc2)C(=O)N1CC(=O)Nc1cc(Cl)c(Cl)cn1. The number of carbonyl (C=O) groups excluding carboxylic acids is 2. The molecular formula is C20H20Cl2F3N5O2. The number of aromatic nitrogens is 2. The summed E-state index contributed by atoms with van der Waals surface area (Å²) in [5.41, 5.74) is -0.817. The van der Waals surface area contributed by atoms with Crippen LogP contribution in [0.5, 0.6) is 0 Å². The molecule has 7 nitrogen and oxygen atoms in total. The molecule has 172 valence electrons. The third-order valence-corrected chi connectivity index (χ3v) is 5.50. The number of alkyl halides is 3. The first-order valence-electron chi connectivity index (χ1n) is 9.68. The number of urea groups is 1. The fourth-order valence-electron chi connectivity index (χ4n) is 3.39. The molecule has 3 rings (SSSR count). The van der Waals surface area contributed by atoms with E-state index in [-0.39, 0.29) is 46.6 Å². The molecule has 0 aliphatic carbocycles. The van der Waals surface area contributed by atoms with Gasteiger partial charge in [0.15, 0.2) is 0 Å². The van der Waals surface area contributed by atoms with E-state index in [1.165, 1.54) is 28.1 Å². The Hall–Kier alpha value is -2.59. The van der Waals surface area contributed by atoms with Crippen molar-refractivity contribution in [3.8, 4) is 0 Å². The zero-order valence-electron chi connectivity index (χ0n) is 17.2. The molecule has 1 aliphatic rings. The van der Waals surface area contributed by atoms with Gasteiger partial charge < -0.3 is 10.2 Å². The highest BCUT2D eigenvalue weighted by Crippen LogP contribution is 2.31. The topological polar surface area (TPSA) is 78.4 Å². The third kappa shape index (κ3) is 5.60. The van der Waals surface area contributed by atoms with Crippen molar-refractivity contribution < 1.29 is 22.8 Å². The number of halogens is 5. The van der Waals surface area contributed by atoms with Crippen LogP contribution in [0.1, 0.15) is 26.0 Å². The summed E-state index contributed by atoms with van der Waals surface area (Å²) >= 11 is 11.7. The van der Waals surface area contributed by atoms with E-state index in [0.717, 1.165) is 12.3 Å². The molecule has 1 N–H and O–H groups in total. The molecule has 0 radical (unpaired) electrons. The van der Waals surface area contributed by atoms with E-state index in [1.807, 2.05) is 13.8 Å². The second kappa shape index (κ2) is 9.50. The first kappa shape index (κ1) is 24.1. The van der Waals surface area contributed by atoms with Crippen LogP contribution in [-0.2, 0) is 11.0 Å². The lowest BCUT2D eigenvalue weighted by atomic mass is 10.0. The van der Waals surface area contributed by atoms with Crippen LogP contribution in [-0.4, -0.2) is 45.9 Å². The largest absolute Gasteiger partial charge is 0.433 e. The van der Waals surface area contributed by atoms with Crippen LogP contribution >= 0.6 is 23.2 Å². The summed E-state index contributed by atoms with van der Waals surface area (Å²) in [5.74, 6) is -0.0913. The van der Waals surface area contributed by atoms with Crippen LogP contribution < -0.4 is 10.2 Å².